The van der Waals surface area contributed by atoms with Crippen molar-refractivity contribution in [2.24, 2.45) is 0 Å². The summed E-state index contributed by atoms with van der Waals surface area (Å²) in [6.07, 6.45) is 0.436. The van der Waals surface area contributed by atoms with Crippen molar-refractivity contribution >= 4 is 27.5 Å². The number of hydrogen-bond donors (Lipinski definition) is 1. The topological polar surface area (TPSA) is 66.5 Å². The molecular weight excluding hydrogens is 288 g/mol. The first-order chi connectivity index (χ1) is 8.96. The van der Waals surface area contributed by atoms with Crippen LogP contribution in [0.1, 0.15) is 13.3 Å². The number of benzene rings is 1. The normalized spacial score (nSPS) is 21.2. The lowest BCUT2D eigenvalue weighted by Crippen LogP contribution is -2.56. The number of nitrogens with one attached hydrogen (secondary N) is 1. The fraction of sp³-hybridized carbons (Fsp3) is 0.417. The summed E-state index contributed by atoms with van der Waals surface area (Å²) in [5.74, 6) is -0.251. The molecule has 1 aliphatic heterocycles. The standard InChI is InChI=1S/C12H15ClN2O3S/c1-2-11-12(16)14-6-7-15(11)19(17,18)10-5-3-4-9(13)8-10/h3-5,8,11H,2,6-7H2,1H3,(H,14,16). The lowest BCUT2D eigenvalue weighted by Gasteiger charge is -2.33. The molecule has 2 rings (SSSR count). The number of carbonyl (C=O) groups is 1. The quantitative estimate of drug-likeness (QED) is 0.913. The first kappa shape index (κ1) is 14.3. The molecule has 0 aromatic heterocycles. The molecule has 0 spiro atoms. The van der Waals surface area contributed by atoms with Crippen molar-refractivity contribution in [3.63, 3.8) is 0 Å². The Labute approximate surface area is 117 Å². The molecule has 1 unspecified atom stereocenters. The second-order valence-corrected chi connectivity index (χ2v) is 6.62. The number of sulfonamides is 1. The second kappa shape index (κ2) is 5.48. The van der Waals surface area contributed by atoms with Crippen molar-refractivity contribution in [1.29, 1.82) is 0 Å². The maximum atomic E-state index is 12.5. The SMILES string of the molecule is CCC1C(=O)NCCN1S(=O)(=O)c1cccc(Cl)c1. The van der Waals surface area contributed by atoms with E-state index in [1.165, 1.54) is 16.4 Å². The van der Waals surface area contributed by atoms with Gasteiger partial charge in [0, 0.05) is 18.1 Å². The van der Waals surface area contributed by atoms with E-state index in [9.17, 15) is 13.2 Å². The lowest BCUT2D eigenvalue weighted by atomic mass is 10.2. The predicted molar refractivity (Wildman–Crippen MR) is 72.4 cm³/mol. The van der Waals surface area contributed by atoms with Gasteiger partial charge in [-0.05, 0) is 24.6 Å². The Balaban J connectivity index is 2.40. The van der Waals surface area contributed by atoms with Gasteiger partial charge in [0.1, 0.15) is 6.04 Å². The van der Waals surface area contributed by atoms with Gasteiger partial charge in [0.05, 0.1) is 4.90 Å². The molecule has 104 valence electrons. The molecule has 1 heterocycles. The molecule has 1 aromatic carbocycles. The minimum atomic E-state index is -3.69. The third-order valence-electron chi connectivity index (χ3n) is 3.07. The summed E-state index contributed by atoms with van der Waals surface area (Å²) >= 11 is 5.83. The van der Waals surface area contributed by atoms with Crippen LogP contribution in [0.2, 0.25) is 5.02 Å². The molecule has 1 amide bonds. The van der Waals surface area contributed by atoms with E-state index in [1.54, 1.807) is 19.1 Å². The number of rotatable bonds is 3. The fourth-order valence-electron chi connectivity index (χ4n) is 2.13. The zero-order valence-electron chi connectivity index (χ0n) is 10.5. The van der Waals surface area contributed by atoms with E-state index in [1.807, 2.05) is 0 Å². The van der Waals surface area contributed by atoms with Crippen molar-refractivity contribution in [2.45, 2.75) is 24.3 Å². The van der Waals surface area contributed by atoms with Crippen LogP contribution in [0.25, 0.3) is 0 Å². The van der Waals surface area contributed by atoms with Crippen LogP contribution in [0, 0.1) is 0 Å². The van der Waals surface area contributed by atoms with E-state index in [2.05, 4.69) is 5.32 Å². The first-order valence-electron chi connectivity index (χ1n) is 6.02. The molecule has 0 aliphatic carbocycles. The van der Waals surface area contributed by atoms with Crippen molar-refractivity contribution in [3.8, 4) is 0 Å². The summed E-state index contributed by atoms with van der Waals surface area (Å²) in [4.78, 5) is 11.9. The summed E-state index contributed by atoms with van der Waals surface area (Å²) < 4.78 is 26.3. The summed E-state index contributed by atoms with van der Waals surface area (Å²) in [5.41, 5.74) is 0. The Kier molecular flexibility index (Phi) is 4.13. The van der Waals surface area contributed by atoms with Crippen LogP contribution in [0.4, 0.5) is 0 Å². The molecule has 0 radical (unpaired) electrons. The van der Waals surface area contributed by atoms with E-state index >= 15 is 0 Å². The monoisotopic (exact) mass is 302 g/mol. The highest BCUT2D eigenvalue weighted by Gasteiger charge is 2.37. The molecule has 5 nitrogen and oxygen atoms in total. The molecule has 1 aromatic rings. The van der Waals surface area contributed by atoms with E-state index in [0.717, 1.165) is 0 Å². The second-order valence-electron chi connectivity index (χ2n) is 4.29. The molecule has 7 heteroatoms. The highest BCUT2D eigenvalue weighted by molar-refractivity contribution is 7.89. The highest BCUT2D eigenvalue weighted by atomic mass is 35.5. The van der Waals surface area contributed by atoms with Gasteiger partial charge in [0.15, 0.2) is 0 Å². The Bertz CT molecular complexity index is 588. The van der Waals surface area contributed by atoms with Gasteiger partial charge < -0.3 is 5.32 Å². The lowest BCUT2D eigenvalue weighted by molar-refractivity contribution is -0.126. The van der Waals surface area contributed by atoms with E-state index in [4.69, 9.17) is 11.6 Å². The van der Waals surface area contributed by atoms with Crippen molar-refractivity contribution in [3.05, 3.63) is 29.3 Å². The third kappa shape index (κ3) is 2.75. The number of carbonyl (C=O) groups excluding carboxylic acids is 1. The van der Waals surface area contributed by atoms with Crippen molar-refractivity contribution in [1.82, 2.24) is 9.62 Å². The average Bonchev–Trinajstić information content (AvgIpc) is 2.38. The Morgan fingerprint density at radius 3 is 2.84 bits per heavy atom. The fourth-order valence-corrected chi connectivity index (χ4v) is 4.10. The van der Waals surface area contributed by atoms with Crippen LogP contribution in [0.3, 0.4) is 0 Å². The molecule has 0 saturated carbocycles. The minimum Gasteiger partial charge on any atom is -0.353 e. The van der Waals surface area contributed by atoms with Crippen LogP contribution in [-0.4, -0.2) is 37.8 Å². The van der Waals surface area contributed by atoms with Gasteiger partial charge >= 0.3 is 0 Å². The maximum Gasteiger partial charge on any atom is 0.243 e. The van der Waals surface area contributed by atoms with Gasteiger partial charge in [-0.15, -0.1) is 0 Å². The molecule has 19 heavy (non-hydrogen) atoms. The molecule has 1 atom stereocenters. The minimum absolute atomic E-state index is 0.119. The van der Waals surface area contributed by atoms with Crippen LogP contribution < -0.4 is 5.32 Å². The maximum absolute atomic E-state index is 12.5. The van der Waals surface area contributed by atoms with Crippen molar-refractivity contribution < 1.29 is 13.2 Å². The van der Waals surface area contributed by atoms with Crippen LogP contribution in [0.5, 0.6) is 0 Å². The Morgan fingerprint density at radius 2 is 2.21 bits per heavy atom. The van der Waals surface area contributed by atoms with E-state index < -0.39 is 16.1 Å². The Hall–Kier alpha value is -1.11. The van der Waals surface area contributed by atoms with Gasteiger partial charge in [-0.25, -0.2) is 8.42 Å². The summed E-state index contributed by atoms with van der Waals surface area (Å²) in [5, 5.41) is 3.03. The Morgan fingerprint density at radius 1 is 1.47 bits per heavy atom. The summed E-state index contributed by atoms with van der Waals surface area (Å²) in [6, 6.07) is 5.43. The van der Waals surface area contributed by atoms with E-state index in [-0.39, 0.29) is 17.3 Å². The van der Waals surface area contributed by atoms with Gasteiger partial charge in [-0.1, -0.05) is 24.6 Å². The van der Waals surface area contributed by atoms with E-state index in [0.29, 0.717) is 18.0 Å². The largest absolute Gasteiger partial charge is 0.353 e. The number of piperazine rings is 1. The van der Waals surface area contributed by atoms with Crippen LogP contribution >= 0.6 is 11.6 Å². The zero-order chi connectivity index (χ0) is 14.0. The van der Waals surface area contributed by atoms with Crippen molar-refractivity contribution in [2.75, 3.05) is 13.1 Å². The molecule has 1 saturated heterocycles. The third-order valence-corrected chi connectivity index (χ3v) is 5.21. The predicted octanol–water partition coefficient (Wildman–Crippen LogP) is 1.24. The molecule has 0 bridgehead atoms. The summed E-state index contributed by atoms with van der Waals surface area (Å²) in [7, 11) is -3.69. The molecular formula is C12H15ClN2O3S. The van der Waals surface area contributed by atoms with Crippen LogP contribution in [0.15, 0.2) is 29.2 Å². The van der Waals surface area contributed by atoms with Crippen LogP contribution in [-0.2, 0) is 14.8 Å². The number of hydrogen-bond acceptors (Lipinski definition) is 3. The number of nitrogens with zero attached hydrogens (tertiary/aromatic N) is 1. The van der Waals surface area contributed by atoms with Gasteiger partial charge in [0.2, 0.25) is 15.9 Å². The molecule has 1 aliphatic rings. The number of halogens is 1. The number of amides is 1. The summed E-state index contributed by atoms with van der Waals surface area (Å²) in [6.45, 7) is 2.39. The highest BCUT2D eigenvalue weighted by Crippen LogP contribution is 2.23. The van der Waals surface area contributed by atoms with Gasteiger partial charge in [0.25, 0.3) is 0 Å². The smallest absolute Gasteiger partial charge is 0.243 e. The zero-order valence-corrected chi connectivity index (χ0v) is 12.0. The molecule has 1 N–H and O–H groups in total. The molecule has 1 fully saturated rings. The first-order valence-corrected chi connectivity index (χ1v) is 7.83. The van der Waals surface area contributed by atoms with Gasteiger partial charge in [-0.3, -0.25) is 4.79 Å². The van der Waals surface area contributed by atoms with Gasteiger partial charge in [-0.2, -0.15) is 4.31 Å². The average molecular weight is 303 g/mol.